The summed E-state index contributed by atoms with van der Waals surface area (Å²) < 4.78 is 0. The predicted octanol–water partition coefficient (Wildman–Crippen LogP) is 4.87. The topological polar surface area (TPSA) is 79.8 Å². The Balaban J connectivity index is 1.78. The predicted molar refractivity (Wildman–Crippen MR) is 99.3 cm³/mol. The maximum absolute atomic E-state index is 11.5. The van der Waals surface area contributed by atoms with Gasteiger partial charge in [-0.15, -0.1) is 5.10 Å². The lowest BCUT2D eigenvalue weighted by Gasteiger charge is -2.09. The van der Waals surface area contributed by atoms with E-state index >= 15 is 0 Å². The van der Waals surface area contributed by atoms with Crippen LogP contribution in [0.4, 0.5) is 23.1 Å². The molecular formula is C17H13Cl2N5O. The zero-order valence-corrected chi connectivity index (χ0v) is 14.6. The number of halogens is 2. The molecule has 8 heteroatoms. The summed E-state index contributed by atoms with van der Waals surface area (Å²) in [5.41, 5.74) is 2.02. The van der Waals surface area contributed by atoms with Gasteiger partial charge in [-0.2, -0.15) is 10.1 Å². The number of nitrogens with zero attached hydrogens (tertiary/aromatic N) is 3. The molecule has 25 heavy (non-hydrogen) atoms. The molecule has 0 atom stereocenters. The molecule has 0 saturated heterocycles. The average molecular weight is 374 g/mol. The van der Waals surface area contributed by atoms with Gasteiger partial charge in [-0.3, -0.25) is 4.79 Å². The van der Waals surface area contributed by atoms with E-state index in [1.54, 1.807) is 36.4 Å². The van der Waals surface area contributed by atoms with Gasteiger partial charge < -0.3 is 10.6 Å². The summed E-state index contributed by atoms with van der Waals surface area (Å²) in [6, 6.07) is 12.2. The summed E-state index contributed by atoms with van der Waals surface area (Å²) in [6.07, 6.45) is 1.49. The molecule has 2 aromatic carbocycles. The number of Topliss-reactive ketones (excluding diaryl/α,β-unsaturated/α-hetero) is 1. The first-order chi connectivity index (χ1) is 12.0. The molecule has 0 unspecified atom stereocenters. The number of ketones is 1. The van der Waals surface area contributed by atoms with E-state index in [2.05, 4.69) is 25.8 Å². The summed E-state index contributed by atoms with van der Waals surface area (Å²) in [5.74, 6) is 0.766. The fraction of sp³-hybridized carbons (Fsp3) is 0.0588. The normalized spacial score (nSPS) is 10.4. The molecule has 0 spiro atoms. The SMILES string of the molecule is CC(=O)c1cccc(Nc2nncc(Nc3ccc(Cl)c(Cl)c3)n2)c1. The first-order valence-electron chi connectivity index (χ1n) is 7.31. The highest BCUT2D eigenvalue weighted by molar-refractivity contribution is 6.42. The number of rotatable bonds is 5. The number of benzene rings is 2. The van der Waals surface area contributed by atoms with Crippen molar-refractivity contribution in [2.45, 2.75) is 6.92 Å². The van der Waals surface area contributed by atoms with Crippen molar-refractivity contribution in [1.82, 2.24) is 15.2 Å². The van der Waals surface area contributed by atoms with Crippen molar-refractivity contribution in [3.63, 3.8) is 0 Å². The largest absolute Gasteiger partial charge is 0.339 e. The molecule has 3 rings (SSSR count). The van der Waals surface area contributed by atoms with Gasteiger partial charge in [0.2, 0.25) is 5.95 Å². The van der Waals surface area contributed by atoms with Crippen molar-refractivity contribution in [3.8, 4) is 0 Å². The number of aromatic nitrogens is 3. The van der Waals surface area contributed by atoms with E-state index in [-0.39, 0.29) is 5.78 Å². The molecule has 0 fully saturated rings. The monoisotopic (exact) mass is 373 g/mol. The maximum atomic E-state index is 11.5. The quantitative estimate of drug-likeness (QED) is 0.621. The van der Waals surface area contributed by atoms with Gasteiger partial charge in [-0.05, 0) is 37.3 Å². The minimum atomic E-state index is -0.0160. The second-order valence-corrected chi connectivity index (χ2v) is 6.00. The molecule has 2 N–H and O–H groups in total. The van der Waals surface area contributed by atoms with Gasteiger partial charge in [-0.25, -0.2) is 0 Å². The van der Waals surface area contributed by atoms with Crippen LogP contribution in [-0.2, 0) is 0 Å². The van der Waals surface area contributed by atoms with Gasteiger partial charge in [0.15, 0.2) is 11.6 Å². The van der Waals surface area contributed by atoms with E-state index in [1.807, 2.05) is 6.07 Å². The van der Waals surface area contributed by atoms with Crippen LogP contribution in [0.15, 0.2) is 48.7 Å². The van der Waals surface area contributed by atoms with E-state index in [1.165, 1.54) is 13.1 Å². The molecular weight excluding hydrogens is 361 g/mol. The molecule has 0 radical (unpaired) electrons. The van der Waals surface area contributed by atoms with E-state index in [0.717, 1.165) is 5.69 Å². The van der Waals surface area contributed by atoms with E-state index in [0.29, 0.717) is 33.1 Å². The van der Waals surface area contributed by atoms with Crippen LogP contribution in [0.5, 0.6) is 0 Å². The fourth-order valence-electron chi connectivity index (χ4n) is 2.08. The highest BCUT2D eigenvalue weighted by Gasteiger charge is 2.05. The molecule has 0 aliphatic carbocycles. The summed E-state index contributed by atoms with van der Waals surface area (Å²) in [7, 11) is 0. The Morgan fingerprint density at radius 1 is 1.00 bits per heavy atom. The van der Waals surface area contributed by atoms with Crippen molar-refractivity contribution < 1.29 is 4.79 Å². The molecule has 6 nitrogen and oxygen atoms in total. The van der Waals surface area contributed by atoms with Gasteiger partial charge >= 0.3 is 0 Å². The lowest BCUT2D eigenvalue weighted by molar-refractivity contribution is 0.101. The Morgan fingerprint density at radius 3 is 2.56 bits per heavy atom. The number of hydrogen-bond acceptors (Lipinski definition) is 6. The molecule has 0 amide bonds. The van der Waals surface area contributed by atoms with Crippen molar-refractivity contribution in [1.29, 1.82) is 0 Å². The summed E-state index contributed by atoms with van der Waals surface area (Å²) >= 11 is 11.9. The third-order valence-electron chi connectivity index (χ3n) is 3.28. The first-order valence-corrected chi connectivity index (χ1v) is 8.07. The number of anilines is 4. The van der Waals surface area contributed by atoms with Crippen LogP contribution in [-0.4, -0.2) is 21.0 Å². The van der Waals surface area contributed by atoms with Crippen LogP contribution in [0.1, 0.15) is 17.3 Å². The lowest BCUT2D eigenvalue weighted by Crippen LogP contribution is -2.03. The Kier molecular flexibility index (Phi) is 5.11. The molecule has 1 heterocycles. The Morgan fingerprint density at radius 2 is 1.80 bits per heavy atom. The van der Waals surface area contributed by atoms with Gasteiger partial charge in [0.05, 0.1) is 16.2 Å². The minimum absolute atomic E-state index is 0.0160. The second-order valence-electron chi connectivity index (χ2n) is 5.18. The third kappa shape index (κ3) is 4.43. The molecule has 0 aliphatic rings. The number of carbonyl (C=O) groups excluding carboxylic acids is 1. The number of nitrogens with one attached hydrogen (secondary N) is 2. The van der Waals surface area contributed by atoms with Gasteiger partial charge in [0.1, 0.15) is 0 Å². The zero-order chi connectivity index (χ0) is 17.8. The lowest BCUT2D eigenvalue weighted by atomic mass is 10.1. The molecule has 126 valence electrons. The highest BCUT2D eigenvalue weighted by Crippen LogP contribution is 2.26. The standard InChI is InChI=1S/C17H13Cl2N5O/c1-10(25)11-3-2-4-12(7-11)22-17-23-16(9-20-24-17)21-13-5-6-14(18)15(19)8-13/h2-9H,1H3,(H2,21,22,23,24). The van der Waals surface area contributed by atoms with Crippen LogP contribution in [0, 0.1) is 0 Å². The average Bonchev–Trinajstić information content (AvgIpc) is 2.59. The molecule has 0 bridgehead atoms. The second kappa shape index (κ2) is 7.46. The first kappa shape index (κ1) is 17.1. The van der Waals surface area contributed by atoms with Crippen LogP contribution in [0.2, 0.25) is 10.0 Å². The number of carbonyl (C=O) groups is 1. The minimum Gasteiger partial charge on any atom is -0.339 e. The molecule has 0 saturated carbocycles. The van der Waals surface area contributed by atoms with E-state index < -0.39 is 0 Å². The maximum Gasteiger partial charge on any atom is 0.249 e. The summed E-state index contributed by atoms with van der Waals surface area (Å²) in [4.78, 5) is 15.8. The summed E-state index contributed by atoms with van der Waals surface area (Å²) in [5, 5.41) is 14.9. The van der Waals surface area contributed by atoms with Crippen molar-refractivity contribution in [2.75, 3.05) is 10.6 Å². The van der Waals surface area contributed by atoms with Gasteiger partial charge in [0, 0.05) is 16.9 Å². The Bertz CT molecular complexity index is 932. The zero-order valence-electron chi connectivity index (χ0n) is 13.1. The van der Waals surface area contributed by atoms with Gasteiger partial charge in [0.25, 0.3) is 0 Å². The van der Waals surface area contributed by atoms with Gasteiger partial charge in [-0.1, -0.05) is 35.3 Å². The summed E-state index contributed by atoms with van der Waals surface area (Å²) in [6.45, 7) is 1.51. The molecule has 0 aliphatic heterocycles. The van der Waals surface area contributed by atoms with Crippen LogP contribution in [0.25, 0.3) is 0 Å². The van der Waals surface area contributed by atoms with Crippen LogP contribution < -0.4 is 10.6 Å². The Labute approximate surface area is 154 Å². The van der Waals surface area contributed by atoms with E-state index in [4.69, 9.17) is 23.2 Å². The van der Waals surface area contributed by atoms with Crippen molar-refractivity contribution in [2.24, 2.45) is 0 Å². The van der Waals surface area contributed by atoms with Crippen LogP contribution >= 0.6 is 23.2 Å². The fourth-order valence-corrected chi connectivity index (χ4v) is 2.38. The molecule has 3 aromatic rings. The smallest absolute Gasteiger partial charge is 0.249 e. The van der Waals surface area contributed by atoms with Crippen molar-refractivity contribution >= 4 is 52.1 Å². The molecule has 1 aromatic heterocycles. The number of hydrogen-bond donors (Lipinski definition) is 2. The van der Waals surface area contributed by atoms with Crippen LogP contribution in [0.3, 0.4) is 0 Å². The highest BCUT2D eigenvalue weighted by atomic mass is 35.5. The van der Waals surface area contributed by atoms with E-state index in [9.17, 15) is 4.79 Å². The van der Waals surface area contributed by atoms with Crippen molar-refractivity contribution in [3.05, 3.63) is 64.3 Å². The Hall–Kier alpha value is -2.70. The third-order valence-corrected chi connectivity index (χ3v) is 4.02.